The Balaban J connectivity index is 3.81. The molecule has 0 aliphatic heterocycles. The molecule has 10 heavy (non-hydrogen) atoms. The van der Waals surface area contributed by atoms with Gasteiger partial charge in [0, 0.05) is 14.2 Å². The lowest BCUT2D eigenvalue weighted by molar-refractivity contribution is -0.000341. The predicted octanol–water partition coefficient (Wildman–Crippen LogP) is 0.677. The summed E-state index contributed by atoms with van der Waals surface area (Å²) in [5.74, 6) is 0. The van der Waals surface area contributed by atoms with Gasteiger partial charge in [-0.2, -0.15) is 0 Å². The molecule has 0 rings (SSSR count). The molecule has 1 atom stereocenters. The molecule has 0 bridgehead atoms. The summed E-state index contributed by atoms with van der Waals surface area (Å²) >= 11 is 0. The molecule has 0 aromatic heterocycles. The molecular weight excluding hydrogens is 134 g/mol. The lowest BCUT2D eigenvalue weighted by Crippen LogP contribution is -2.35. The summed E-state index contributed by atoms with van der Waals surface area (Å²) in [5, 5.41) is 0. The second kappa shape index (κ2) is 4.11. The van der Waals surface area contributed by atoms with Crippen LogP contribution in [0.15, 0.2) is 0 Å². The van der Waals surface area contributed by atoms with Gasteiger partial charge in [0.25, 0.3) is 0 Å². The van der Waals surface area contributed by atoms with E-state index in [1.54, 1.807) is 14.0 Å². The molecule has 60 valence electrons. The Bertz CT molecular complexity index is 116. The van der Waals surface area contributed by atoms with Gasteiger partial charge >= 0.3 is 6.09 Å². The van der Waals surface area contributed by atoms with E-state index in [9.17, 15) is 4.79 Å². The first-order chi connectivity index (χ1) is 4.63. The zero-order valence-corrected chi connectivity index (χ0v) is 6.75. The standard InChI is InChI=1S/C6H13NO3/c1-5(9-3)7(2)6(8)10-4/h5H,1-4H3. The normalized spacial score (nSPS) is 12.4. The number of hydrogen-bond acceptors (Lipinski definition) is 3. The van der Waals surface area contributed by atoms with Gasteiger partial charge in [-0.25, -0.2) is 4.79 Å². The molecular formula is C6H13NO3. The van der Waals surface area contributed by atoms with Crippen LogP contribution in [0.5, 0.6) is 0 Å². The van der Waals surface area contributed by atoms with Crippen LogP contribution in [0.3, 0.4) is 0 Å². The molecule has 0 radical (unpaired) electrons. The summed E-state index contributed by atoms with van der Waals surface area (Å²) in [6.45, 7) is 1.76. The van der Waals surface area contributed by atoms with Gasteiger partial charge in [-0.3, -0.25) is 4.90 Å². The minimum Gasteiger partial charge on any atom is -0.453 e. The van der Waals surface area contributed by atoms with Crippen LogP contribution in [0.25, 0.3) is 0 Å². The van der Waals surface area contributed by atoms with Crippen molar-refractivity contribution in [1.82, 2.24) is 4.90 Å². The number of rotatable bonds is 2. The summed E-state index contributed by atoms with van der Waals surface area (Å²) in [7, 11) is 4.48. The molecule has 0 fully saturated rings. The van der Waals surface area contributed by atoms with E-state index in [0.717, 1.165) is 0 Å². The van der Waals surface area contributed by atoms with Gasteiger partial charge in [-0.15, -0.1) is 0 Å². The fourth-order valence-electron chi connectivity index (χ4n) is 0.451. The van der Waals surface area contributed by atoms with Crippen molar-refractivity contribution in [2.24, 2.45) is 0 Å². The quantitative estimate of drug-likeness (QED) is 0.539. The maximum absolute atomic E-state index is 10.7. The summed E-state index contributed by atoms with van der Waals surface area (Å²) in [6, 6.07) is 0. The monoisotopic (exact) mass is 147 g/mol. The number of carbonyl (C=O) groups is 1. The number of hydrogen-bond donors (Lipinski definition) is 0. The van der Waals surface area contributed by atoms with E-state index in [4.69, 9.17) is 4.74 Å². The fourth-order valence-corrected chi connectivity index (χ4v) is 0.451. The highest BCUT2D eigenvalue weighted by atomic mass is 16.6. The SMILES string of the molecule is COC(=O)N(C)C(C)OC. The van der Waals surface area contributed by atoms with Crippen molar-refractivity contribution in [3.05, 3.63) is 0 Å². The van der Waals surface area contributed by atoms with Crippen molar-refractivity contribution in [1.29, 1.82) is 0 Å². The molecule has 0 spiro atoms. The Morgan fingerprint density at radius 3 is 2.30 bits per heavy atom. The van der Waals surface area contributed by atoms with Crippen molar-refractivity contribution >= 4 is 6.09 Å². The summed E-state index contributed by atoms with van der Waals surface area (Å²) in [4.78, 5) is 12.1. The van der Waals surface area contributed by atoms with E-state index < -0.39 is 6.09 Å². The van der Waals surface area contributed by atoms with Gasteiger partial charge in [-0.05, 0) is 6.92 Å². The lowest BCUT2D eigenvalue weighted by atomic mass is 10.6. The van der Waals surface area contributed by atoms with E-state index in [0.29, 0.717) is 0 Å². The highest BCUT2D eigenvalue weighted by Crippen LogP contribution is 1.97. The zero-order valence-electron chi connectivity index (χ0n) is 6.75. The van der Waals surface area contributed by atoms with Crippen LogP contribution in [0.1, 0.15) is 6.92 Å². The van der Waals surface area contributed by atoms with Crippen molar-refractivity contribution in [2.75, 3.05) is 21.3 Å². The van der Waals surface area contributed by atoms with E-state index in [1.807, 2.05) is 0 Å². The number of ether oxygens (including phenoxy) is 2. The third-order valence-corrected chi connectivity index (χ3v) is 1.35. The molecule has 0 aliphatic rings. The highest BCUT2D eigenvalue weighted by Gasteiger charge is 2.13. The van der Waals surface area contributed by atoms with Gasteiger partial charge < -0.3 is 9.47 Å². The third kappa shape index (κ3) is 2.23. The molecule has 0 aromatic carbocycles. The van der Waals surface area contributed by atoms with Gasteiger partial charge in [0.2, 0.25) is 0 Å². The number of carbonyl (C=O) groups excluding carboxylic acids is 1. The number of amides is 1. The van der Waals surface area contributed by atoms with E-state index in [1.165, 1.54) is 19.1 Å². The topological polar surface area (TPSA) is 38.8 Å². The Morgan fingerprint density at radius 2 is 2.00 bits per heavy atom. The van der Waals surface area contributed by atoms with Crippen LogP contribution < -0.4 is 0 Å². The average Bonchev–Trinajstić information content (AvgIpc) is 2.00. The average molecular weight is 147 g/mol. The predicted molar refractivity (Wildman–Crippen MR) is 36.6 cm³/mol. The Morgan fingerprint density at radius 1 is 1.50 bits per heavy atom. The molecule has 4 heteroatoms. The molecule has 0 saturated carbocycles. The van der Waals surface area contributed by atoms with Crippen LogP contribution >= 0.6 is 0 Å². The Hall–Kier alpha value is -0.770. The molecule has 0 saturated heterocycles. The fraction of sp³-hybridized carbons (Fsp3) is 0.833. The van der Waals surface area contributed by atoms with Crippen LogP contribution in [-0.4, -0.2) is 38.5 Å². The minimum absolute atomic E-state index is 0.243. The smallest absolute Gasteiger partial charge is 0.411 e. The summed E-state index contributed by atoms with van der Waals surface area (Å²) < 4.78 is 9.30. The van der Waals surface area contributed by atoms with E-state index in [2.05, 4.69) is 4.74 Å². The minimum atomic E-state index is -0.394. The van der Waals surface area contributed by atoms with Crippen LogP contribution in [0, 0.1) is 0 Å². The Labute approximate surface area is 60.7 Å². The highest BCUT2D eigenvalue weighted by molar-refractivity contribution is 5.67. The maximum Gasteiger partial charge on any atom is 0.411 e. The number of nitrogens with zero attached hydrogens (tertiary/aromatic N) is 1. The van der Waals surface area contributed by atoms with E-state index >= 15 is 0 Å². The maximum atomic E-state index is 10.7. The molecule has 1 amide bonds. The first kappa shape index (κ1) is 9.23. The van der Waals surface area contributed by atoms with Crippen molar-refractivity contribution in [3.63, 3.8) is 0 Å². The van der Waals surface area contributed by atoms with Crippen molar-refractivity contribution < 1.29 is 14.3 Å². The van der Waals surface area contributed by atoms with Crippen LogP contribution in [-0.2, 0) is 9.47 Å². The van der Waals surface area contributed by atoms with Crippen molar-refractivity contribution in [2.45, 2.75) is 13.2 Å². The van der Waals surface area contributed by atoms with Gasteiger partial charge in [0.15, 0.2) is 0 Å². The van der Waals surface area contributed by atoms with Crippen molar-refractivity contribution in [3.8, 4) is 0 Å². The molecule has 0 aromatic rings. The van der Waals surface area contributed by atoms with Gasteiger partial charge in [-0.1, -0.05) is 0 Å². The largest absolute Gasteiger partial charge is 0.453 e. The first-order valence-electron chi connectivity index (χ1n) is 2.97. The molecule has 0 N–H and O–H groups in total. The van der Waals surface area contributed by atoms with Crippen LogP contribution in [0.4, 0.5) is 4.79 Å². The van der Waals surface area contributed by atoms with Gasteiger partial charge in [0.1, 0.15) is 6.23 Å². The third-order valence-electron chi connectivity index (χ3n) is 1.35. The van der Waals surface area contributed by atoms with Gasteiger partial charge in [0.05, 0.1) is 7.11 Å². The number of methoxy groups -OCH3 is 2. The second-order valence-electron chi connectivity index (χ2n) is 1.92. The second-order valence-corrected chi connectivity index (χ2v) is 1.92. The molecule has 0 aliphatic carbocycles. The first-order valence-corrected chi connectivity index (χ1v) is 2.97. The lowest BCUT2D eigenvalue weighted by Gasteiger charge is -2.21. The molecule has 1 unspecified atom stereocenters. The zero-order chi connectivity index (χ0) is 8.15. The van der Waals surface area contributed by atoms with Crippen LogP contribution in [0.2, 0.25) is 0 Å². The summed E-state index contributed by atoms with van der Waals surface area (Å²) in [5.41, 5.74) is 0. The Kier molecular flexibility index (Phi) is 3.79. The molecule has 0 heterocycles. The van der Waals surface area contributed by atoms with E-state index in [-0.39, 0.29) is 6.23 Å². The summed E-state index contributed by atoms with van der Waals surface area (Å²) in [6.07, 6.45) is -0.637. The molecule has 4 nitrogen and oxygen atoms in total.